The molecule has 106 valence electrons. The highest BCUT2D eigenvalue weighted by Crippen LogP contribution is 2.39. The second-order valence-corrected chi connectivity index (χ2v) is 6.46. The summed E-state index contributed by atoms with van der Waals surface area (Å²) in [5.74, 6) is 0.346. The van der Waals surface area contributed by atoms with Gasteiger partial charge >= 0.3 is 0 Å². The van der Waals surface area contributed by atoms with Crippen LogP contribution in [-0.2, 0) is 0 Å². The molecule has 4 rings (SSSR count). The van der Waals surface area contributed by atoms with E-state index in [1.807, 2.05) is 25.1 Å². The fraction of sp³-hybridized carbons (Fsp3) is 0.267. The van der Waals surface area contributed by atoms with Crippen LogP contribution in [0.4, 0.5) is 5.13 Å². The summed E-state index contributed by atoms with van der Waals surface area (Å²) in [6, 6.07) is 7.90. The summed E-state index contributed by atoms with van der Waals surface area (Å²) in [5, 5.41) is 10.5. The highest BCUT2D eigenvalue weighted by Gasteiger charge is 2.26. The van der Waals surface area contributed by atoms with Crippen LogP contribution < -0.4 is 5.32 Å². The molecular formula is C15H14N4OS. The van der Waals surface area contributed by atoms with Crippen LogP contribution in [0.2, 0.25) is 0 Å². The Labute approximate surface area is 125 Å². The van der Waals surface area contributed by atoms with Crippen LogP contribution in [0.1, 0.15) is 40.5 Å². The fourth-order valence-electron chi connectivity index (χ4n) is 2.30. The Kier molecular flexibility index (Phi) is 2.78. The van der Waals surface area contributed by atoms with Gasteiger partial charge in [0.2, 0.25) is 0 Å². The molecule has 1 fully saturated rings. The molecule has 2 aromatic heterocycles. The number of amides is 1. The molecular weight excluding hydrogens is 284 g/mol. The Morgan fingerprint density at radius 1 is 1.38 bits per heavy atom. The van der Waals surface area contributed by atoms with E-state index in [0.29, 0.717) is 16.7 Å². The molecule has 2 heterocycles. The van der Waals surface area contributed by atoms with Crippen molar-refractivity contribution in [2.24, 2.45) is 0 Å². The molecule has 1 aliphatic carbocycles. The summed E-state index contributed by atoms with van der Waals surface area (Å²) in [5.41, 5.74) is 3.57. The van der Waals surface area contributed by atoms with Gasteiger partial charge in [-0.15, -0.1) is 0 Å². The maximum atomic E-state index is 12.2. The minimum atomic E-state index is -0.214. The third-order valence-electron chi connectivity index (χ3n) is 3.61. The summed E-state index contributed by atoms with van der Waals surface area (Å²) in [4.78, 5) is 16.6. The fourth-order valence-corrected chi connectivity index (χ4v) is 3.26. The molecule has 0 saturated heterocycles. The Morgan fingerprint density at radius 2 is 2.24 bits per heavy atom. The molecule has 6 heteroatoms. The average Bonchev–Trinajstić information content (AvgIpc) is 3.05. The number of rotatable bonds is 3. The molecule has 2 N–H and O–H groups in total. The number of aromatic nitrogens is 3. The summed E-state index contributed by atoms with van der Waals surface area (Å²) >= 11 is 1.48. The number of anilines is 1. The highest BCUT2D eigenvalue weighted by atomic mass is 32.1. The number of nitrogens with zero attached hydrogens (tertiary/aromatic N) is 2. The van der Waals surface area contributed by atoms with Gasteiger partial charge in [-0.25, -0.2) is 4.98 Å². The maximum absolute atomic E-state index is 12.2. The van der Waals surface area contributed by atoms with E-state index in [9.17, 15) is 4.79 Å². The predicted octanol–water partition coefficient (Wildman–Crippen LogP) is 3.46. The van der Waals surface area contributed by atoms with Gasteiger partial charge in [-0.2, -0.15) is 5.10 Å². The zero-order valence-corrected chi connectivity index (χ0v) is 12.3. The second kappa shape index (κ2) is 4.66. The minimum Gasteiger partial charge on any atom is -0.296 e. The summed E-state index contributed by atoms with van der Waals surface area (Å²) < 4.78 is 1.07. The first-order valence-electron chi connectivity index (χ1n) is 6.93. The molecule has 5 nitrogen and oxygen atoms in total. The van der Waals surface area contributed by atoms with Gasteiger partial charge in [-0.1, -0.05) is 17.4 Å². The topological polar surface area (TPSA) is 70.7 Å². The lowest BCUT2D eigenvalue weighted by Crippen LogP contribution is -2.12. The number of hydrogen-bond donors (Lipinski definition) is 2. The number of carbonyl (C=O) groups excluding carboxylic acids is 1. The Morgan fingerprint density at radius 3 is 3.05 bits per heavy atom. The molecule has 0 spiro atoms. The lowest BCUT2D eigenvalue weighted by atomic mass is 10.2. The number of H-pyrrole nitrogens is 1. The zero-order valence-electron chi connectivity index (χ0n) is 11.5. The molecule has 1 aliphatic rings. The number of aromatic amines is 1. The predicted molar refractivity (Wildman–Crippen MR) is 82.9 cm³/mol. The van der Waals surface area contributed by atoms with E-state index in [2.05, 4.69) is 26.6 Å². The van der Waals surface area contributed by atoms with Gasteiger partial charge in [-0.05, 0) is 43.5 Å². The van der Waals surface area contributed by atoms with Crippen molar-refractivity contribution in [3.8, 4) is 0 Å². The number of thiazole rings is 1. The van der Waals surface area contributed by atoms with E-state index in [1.54, 1.807) is 0 Å². The Bertz CT molecular complexity index is 831. The molecule has 3 aromatic rings. The molecule has 0 atom stereocenters. The smallest absolute Gasteiger partial charge is 0.277 e. The van der Waals surface area contributed by atoms with Gasteiger partial charge in [0.05, 0.1) is 10.2 Å². The third kappa shape index (κ3) is 2.42. The van der Waals surface area contributed by atoms with Crippen molar-refractivity contribution in [2.45, 2.75) is 25.7 Å². The summed E-state index contributed by atoms with van der Waals surface area (Å²) in [6.45, 7) is 2.04. The van der Waals surface area contributed by atoms with Crippen molar-refractivity contribution in [3.05, 3.63) is 41.2 Å². The number of hydrogen-bond acceptors (Lipinski definition) is 4. The van der Waals surface area contributed by atoms with Crippen molar-refractivity contribution in [1.29, 1.82) is 0 Å². The van der Waals surface area contributed by atoms with E-state index in [-0.39, 0.29) is 5.91 Å². The van der Waals surface area contributed by atoms with Crippen molar-refractivity contribution in [1.82, 2.24) is 15.2 Å². The molecule has 0 aliphatic heterocycles. The lowest BCUT2D eigenvalue weighted by Gasteiger charge is -1.96. The van der Waals surface area contributed by atoms with Crippen molar-refractivity contribution < 1.29 is 4.79 Å². The van der Waals surface area contributed by atoms with Crippen LogP contribution >= 0.6 is 11.3 Å². The number of fused-ring (bicyclic) bond motifs is 1. The number of aryl methyl sites for hydroxylation is 1. The van der Waals surface area contributed by atoms with Crippen LogP contribution in [0.25, 0.3) is 10.2 Å². The molecule has 21 heavy (non-hydrogen) atoms. The van der Waals surface area contributed by atoms with Gasteiger partial charge in [0.1, 0.15) is 0 Å². The van der Waals surface area contributed by atoms with Crippen molar-refractivity contribution in [3.63, 3.8) is 0 Å². The number of benzene rings is 1. The maximum Gasteiger partial charge on any atom is 0.277 e. The monoisotopic (exact) mass is 298 g/mol. The summed E-state index contributed by atoms with van der Waals surface area (Å²) in [7, 11) is 0. The van der Waals surface area contributed by atoms with Crippen LogP contribution in [-0.4, -0.2) is 21.1 Å². The molecule has 1 amide bonds. The quantitative estimate of drug-likeness (QED) is 0.778. The van der Waals surface area contributed by atoms with Crippen molar-refractivity contribution in [2.75, 3.05) is 5.32 Å². The van der Waals surface area contributed by atoms with E-state index >= 15 is 0 Å². The van der Waals surface area contributed by atoms with Crippen LogP contribution in [0.15, 0.2) is 24.3 Å². The molecule has 0 radical (unpaired) electrons. The summed E-state index contributed by atoms with van der Waals surface area (Å²) in [6.07, 6.45) is 2.36. The number of nitrogens with one attached hydrogen (secondary N) is 2. The highest BCUT2D eigenvalue weighted by molar-refractivity contribution is 7.22. The second-order valence-electron chi connectivity index (χ2n) is 5.43. The zero-order chi connectivity index (χ0) is 14.4. The standard InChI is InChI=1S/C15H14N4OS/c1-8-2-5-10-13(6-8)21-15(16-10)17-14(20)12-7-11(18-19-12)9-3-4-9/h2,5-7,9H,3-4H2,1H3,(H,18,19)(H,16,17,20). The molecule has 0 unspecified atom stereocenters. The van der Waals surface area contributed by atoms with Crippen molar-refractivity contribution >= 4 is 32.6 Å². The first-order valence-corrected chi connectivity index (χ1v) is 7.74. The van der Waals surface area contributed by atoms with Gasteiger partial charge < -0.3 is 0 Å². The van der Waals surface area contributed by atoms with E-state index in [1.165, 1.54) is 29.7 Å². The first kappa shape index (κ1) is 12.5. The molecule has 1 saturated carbocycles. The van der Waals surface area contributed by atoms with E-state index in [0.717, 1.165) is 15.9 Å². The van der Waals surface area contributed by atoms with Gasteiger partial charge in [0.25, 0.3) is 5.91 Å². The van der Waals surface area contributed by atoms with E-state index in [4.69, 9.17) is 0 Å². The van der Waals surface area contributed by atoms with Gasteiger partial charge in [0, 0.05) is 11.6 Å². The first-order chi connectivity index (χ1) is 10.2. The normalized spacial score (nSPS) is 14.5. The SMILES string of the molecule is Cc1ccc2nc(NC(=O)c3cc(C4CC4)[nH]n3)sc2c1. The third-order valence-corrected chi connectivity index (χ3v) is 4.55. The lowest BCUT2D eigenvalue weighted by molar-refractivity contribution is 0.102. The van der Waals surface area contributed by atoms with Crippen LogP contribution in [0.5, 0.6) is 0 Å². The average molecular weight is 298 g/mol. The van der Waals surface area contributed by atoms with E-state index < -0.39 is 0 Å². The molecule has 1 aromatic carbocycles. The van der Waals surface area contributed by atoms with Gasteiger partial charge in [-0.3, -0.25) is 15.2 Å². The van der Waals surface area contributed by atoms with Gasteiger partial charge in [0.15, 0.2) is 10.8 Å². The largest absolute Gasteiger partial charge is 0.296 e. The Balaban J connectivity index is 1.56. The number of carbonyl (C=O) groups is 1. The molecule has 0 bridgehead atoms. The minimum absolute atomic E-state index is 0.214. The van der Waals surface area contributed by atoms with Crippen LogP contribution in [0.3, 0.4) is 0 Å². The Hall–Kier alpha value is -2.21. The van der Waals surface area contributed by atoms with Crippen LogP contribution in [0, 0.1) is 6.92 Å².